The van der Waals surface area contributed by atoms with Crippen molar-refractivity contribution >= 4 is 8.80 Å². The summed E-state index contributed by atoms with van der Waals surface area (Å²) in [5.74, 6) is 0. The Balaban J connectivity index is 4.18. The van der Waals surface area contributed by atoms with Crippen molar-refractivity contribution in [2.45, 2.75) is 33.2 Å². The molecule has 0 atom stereocenters. The topological polar surface area (TPSA) is 63.5 Å². The summed E-state index contributed by atoms with van der Waals surface area (Å²) in [7, 11) is -2.49. The van der Waals surface area contributed by atoms with Gasteiger partial charge in [0.05, 0.1) is 0 Å². The van der Waals surface area contributed by atoms with Crippen molar-refractivity contribution in [2.75, 3.05) is 26.4 Å². The van der Waals surface area contributed by atoms with Crippen LogP contribution in [-0.2, 0) is 13.3 Å². The SMILES string of the molecule is CCO[Si](CCCNC#N)(OCC)OCC. The molecule has 0 saturated heterocycles. The van der Waals surface area contributed by atoms with Crippen LogP contribution in [0.25, 0.3) is 0 Å². The summed E-state index contributed by atoms with van der Waals surface area (Å²) in [5.41, 5.74) is 0. The zero-order valence-electron chi connectivity index (χ0n) is 10.4. The molecule has 16 heavy (non-hydrogen) atoms. The van der Waals surface area contributed by atoms with Gasteiger partial charge in [0.15, 0.2) is 6.19 Å². The zero-order chi connectivity index (χ0) is 12.3. The second-order valence-electron chi connectivity index (χ2n) is 3.12. The molecule has 0 aromatic heterocycles. The lowest BCUT2D eigenvalue weighted by atomic mass is 10.5. The third-order valence-corrected chi connectivity index (χ3v) is 5.11. The molecule has 94 valence electrons. The largest absolute Gasteiger partial charge is 0.500 e. The fourth-order valence-electron chi connectivity index (χ4n) is 1.45. The van der Waals surface area contributed by atoms with E-state index in [-0.39, 0.29) is 0 Å². The lowest BCUT2D eigenvalue weighted by Crippen LogP contribution is -2.46. The van der Waals surface area contributed by atoms with Gasteiger partial charge in [-0.1, -0.05) is 0 Å². The van der Waals surface area contributed by atoms with Crippen molar-refractivity contribution in [3.8, 4) is 6.19 Å². The number of rotatable bonds is 10. The van der Waals surface area contributed by atoms with Gasteiger partial charge in [-0.2, -0.15) is 5.26 Å². The van der Waals surface area contributed by atoms with Gasteiger partial charge in [0, 0.05) is 32.4 Å². The molecule has 0 aromatic rings. The van der Waals surface area contributed by atoms with Gasteiger partial charge in [-0.05, 0) is 27.2 Å². The Bertz CT molecular complexity index is 192. The molecule has 0 heterocycles. The summed E-state index contributed by atoms with van der Waals surface area (Å²) in [6.07, 6.45) is 2.71. The van der Waals surface area contributed by atoms with Crippen LogP contribution in [-0.4, -0.2) is 35.2 Å². The van der Waals surface area contributed by atoms with Gasteiger partial charge in [0.1, 0.15) is 0 Å². The van der Waals surface area contributed by atoms with Crippen molar-refractivity contribution in [3.05, 3.63) is 0 Å². The normalized spacial score (nSPS) is 11.1. The summed E-state index contributed by atoms with van der Waals surface area (Å²) >= 11 is 0. The lowest BCUT2D eigenvalue weighted by Gasteiger charge is -2.28. The van der Waals surface area contributed by atoms with Gasteiger partial charge < -0.3 is 18.6 Å². The Morgan fingerprint density at radius 1 is 1.06 bits per heavy atom. The molecule has 0 aromatic carbocycles. The van der Waals surface area contributed by atoms with E-state index >= 15 is 0 Å². The van der Waals surface area contributed by atoms with Crippen LogP contribution in [0.1, 0.15) is 27.2 Å². The van der Waals surface area contributed by atoms with E-state index in [9.17, 15) is 0 Å². The third kappa shape index (κ3) is 6.08. The Hall–Kier alpha value is -0.613. The molecule has 0 spiro atoms. The van der Waals surface area contributed by atoms with E-state index in [4.69, 9.17) is 18.5 Å². The predicted octanol–water partition coefficient (Wildman–Crippen LogP) is 1.50. The summed E-state index contributed by atoms with van der Waals surface area (Å²) in [5, 5.41) is 11.0. The minimum Gasteiger partial charge on any atom is -0.374 e. The first kappa shape index (κ1) is 15.4. The van der Waals surface area contributed by atoms with Crippen LogP contribution < -0.4 is 5.32 Å². The van der Waals surface area contributed by atoms with E-state index in [1.54, 1.807) is 0 Å². The first-order valence-corrected chi connectivity index (χ1v) is 7.71. The summed E-state index contributed by atoms with van der Waals surface area (Å²) < 4.78 is 17.0. The molecule has 0 aliphatic rings. The maximum atomic E-state index is 8.36. The Morgan fingerprint density at radius 2 is 1.56 bits per heavy atom. The standard InChI is InChI=1S/C10H22N2O3Si/c1-4-13-16(14-5-2,15-6-3)9-7-8-12-10-11/h12H,4-9H2,1-3H3. The Labute approximate surface area is 99.1 Å². The molecule has 0 fully saturated rings. The molecular formula is C10H22N2O3Si. The second kappa shape index (κ2) is 9.60. The lowest BCUT2D eigenvalue weighted by molar-refractivity contribution is 0.0709. The van der Waals surface area contributed by atoms with Crippen LogP contribution >= 0.6 is 0 Å². The first-order chi connectivity index (χ1) is 7.74. The van der Waals surface area contributed by atoms with E-state index in [1.165, 1.54) is 0 Å². The van der Waals surface area contributed by atoms with Crippen LogP contribution in [0, 0.1) is 11.5 Å². The number of hydrogen-bond acceptors (Lipinski definition) is 5. The minimum absolute atomic E-state index is 0.595. The third-order valence-electron chi connectivity index (χ3n) is 1.96. The van der Waals surface area contributed by atoms with E-state index in [2.05, 4.69) is 5.32 Å². The monoisotopic (exact) mass is 246 g/mol. The predicted molar refractivity (Wildman–Crippen MR) is 63.7 cm³/mol. The van der Waals surface area contributed by atoms with Gasteiger partial charge >= 0.3 is 8.80 Å². The van der Waals surface area contributed by atoms with Crippen molar-refractivity contribution in [1.29, 1.82) is 5.26 Å². The Kier molecular flexibility index (Phi) is 9.23. The molecule has 0 radical (unpaired) electrons. The maximum Gasteiger partial charge on any atom is 0.500 e. The van der Waals surface area contributed by atoms with Crippen LogP contribution in [0.5, 0.6) is 0 Å². The van der Waals surface area contributed by atoms with Crippen LogP contribution in [0.15, 0.2) is 0 Å². The van der Waals surface area contributed by atoms with E-state index in [0.717, 1.165) is 12.5 Å². The molecule has 0 rings (SSSR count). The first-order valence-electron chi connectivity index (χ1n) is 5.78. The summed E-state index contributed by atoms with van der Waals surface area (Å²) in [6, 6.07) is 0.747. The van der Waals surface area contributed by atoms with Crippen LogP contribution in [0.4, 0.5) is 0 Å². The van der Waals surface area contributed by atoms with Crippen molar-refractivity contribution in [2.24, 2.45) is 0 Å². The highest BCUT2D eigenvalue weighted by Gasteiger charge is 2.39. The molecule has 1 N–H and O–H groups in total. The molecule has 0 unspecified atom stereocenters. The maximum absolute atomic E-state index is 8.36. The number of nitrogens with one attached hydrogen (secondary N) is 1. The van der Waals surface area contributed by atoms with Gasteiger partial charge in [0.2, 0.25) is 0 Å². The molecule has 0 saturated carbocycles. The van der Waals surface area contributed by atoms with Gasteiger partial charge in [0.25, 0.3) is 0 Å². The molecule has 0 aliphatic heterocycles. The summed E-state index contributed by atoms with van der Waals surface area (Å²) in [4.78, 5) is 0. The van der Waals surface area contributed by atoms with Crippen molar-refractivity contribution in [3.63, 3.8) is 0 Å². The van der Waals surface area contributed by atoms with Crippen molar-refractivity contribution in [1.82, 2.24) is 5.32 Å². The molecular weight excluding hydrogens is 224 g/mol. The van der Waals surface area contributed by atoms with E-state index in [1.807, 2.05) is 27.0 Å². The number of nitrogens with zero attached hydrogens (tertiary/aromatic N) is 1. The second-order valence-corrected chi connectivity index (χ2v) is 5.86. The Morgan fingerprint density at radius 3 is 1.94 bits per heavy atom. The molecule has 0 bridgehead atoms. The van der Waals surface area contributed by atoms with Crippen molar-refractivity contribution < 1.29 is 13.3 Å². The smallest absolute Gasteiger partial charge is 0.374 e. The highest BCUT2D eigenvalue weighted by Crippen LogP contribution is 2.17. The van der Waals surface area contributed by atoms with E-state index in [0.29, 0.717) is 26.4 Å². The fourth-order valence-corrected chi connectivity index (χ4v) is 4.06. The quantitative estimate of drug-likeness (QED) is 0.274. The van der Waals surface area contributed by atoms with Crippen LogP contribution in [0.3, 0.4) is 0 Å². The average molecular weight is 246 g/mol. The minimum atomic E-state index is -2.49. The molecule has 0 aliphatic carbocycles. The number of nitriles is 1. The molecule has 5 nitrogen and oxygen atoms in total. The number of hydrogen-bond donors (Lipinski definition) is 1. The molecule has 6 heteroatoms. The average Bonchev–Trinajstić information content (AvgIpc) is 2.26. The van der Waals surface area contributed by atoms with Gasteiger partial charge in [-0.3, -0.25) is 0 Å². The summed E-state index contributed by atoms with van der Waals surface area (Å²) in [6.45, 7) is 8.24. The highest BCUT2D eigenvalue weighted by molar-refractivity contribution is 6.60. The zero-order valence-corrected chi connectivity index (χ0v) is 11.4. The van der Waals surface area contributed by atoms with Gasteiger partial charge in [-0.25, -0.2) is 0 Å². The van der Waals surface area contributed by atoms with Crippen LogP contribution in [0.2, 0.25) is 6.04 Å². The highest BCUT2D eigenvalue weighted by atomic mass is 28.4. The molecule has 0 amide bonds. The fraction of sp³-hybridized carbons (Fsp3) is 0.900. The van der Waals surface area contributed by atoms with E-state index < -0.39 is 8.80 Å². The van der Waals surface area contributed by atoms with Gasteiger partial charge in [-0.15, -0.1) is 0 Å².